The molecule has 1 aromatic carbocycles. The SMILES string of the molecule is CCC(C)(C(=O)NCc1ccc(C)cc1)C(N)=S. The molecule has 0 aliphatic carbocycles. The molecule has 3 nitrogen and oxygen atoms in total. The molecule has 0 aliphatic rings. The molecule has 0 aromatic heterocycles. The number of hydrogen-bond donors (Lipinski definition) is 2. The van der Waals surface area contributed by atoms with Crippen LogP contribution in [0.25, 0.3) is 0 Å². The van der Waals surface area contributed by atoms with Crippen LogP contribution in [0.4, 0.5) is 0 Å². The molecule has 1 atom stereocenters. The minimum atomic E-state index is -0.764. The summed E-state index contributed by atoms with van der Waals surface area (Å²) in [6.07, 6.45) is 0.599. The van der Waals surface area contributed by atoms with Gasteiger partial charge in [0.05, 0.1) is 10.4 Å². The van der Waals surface area contributed by atoms with Crippen LogP contribution in [0.5, 0.6) is 0 Å². The molecule has 0 heterocycles. The Bertz CT molecular complexity index is 442. The molecule has 0 spiro atoms. The minimum absolute atomic E-state index is 0.113. The molecule has 1 amide bonds. The van der Waals surface area contributed by atoms with Crippen LogP contribution in [0.1, 0.15) is 31.4 Å². The van der Waals surface area contributed by atoms with E-state index in [1.54, 1.807) is 6.92 Å². The fourth-order valence-corrected chi connectivity index (χ4v) is 1.77. The van der Waals surface area contributed by atoms with E-state index < -0.39 is 5.41 Å². The van der Waals surface area contributed by atoms with Crippen LogP contribution in [0.3, 0.4) is 0 Å². The zero-order valence-corrected chi connectivity index (χ0v) is 11.9. The van der Waals surface area contributed by atoms with Gasteiger partial charge in [0, 0.05) is 6.54 Å². The van der Waals surface area contributed by atoms with Crippen molar-refractivity contribution in [2.75, 3.05) is 0 Å². The van der Waals surface area contributed by atoms with Gasteiger partial charge >= 0.3 is 0 Å². The molecule has 18 heavy (non-hydrogen) atoms. The Morgan fingerprint density at radius 2 is 1.94 bits per heavy atom. The zero-order chi connectivity index (χ0) is 13.8. The highest BCUT2D eigenvalue weighted by Gasteiger charge is 2.34. The van der Waals surface area contributed by atoms with Crippen molar-refractivity contribution in [1.29, 1.82) is 0 Å². The summed E-state index contributed by atoms with van der Waals surface area (Å²) in [5.41, 5.74) is 7.14. The van der Waals surface area contributed by atoms with E-state index in [1.165, 1.54) is 5.56 Å². The lowest BCUT2D eigenvalue weighted by Crippen LogP contribution is -2.46. The molecule has 0 saturated carbocycles. The molecule has 0 saturated heterocycles. The summed E-state index contributed by atoms with van der Waals surface area (Å²) >= 11 is 4.97. The predicted octanol–water partition coefficient (Wildman–Crippen LogP) is 2.31. The molecule has 1 unspecified atom stereocenters. The van der Waals surface area contributed by atoms with E-state index in [0.717, 1.165) is 5.56 Å². The summed E-state index contributed by atoms with van der Waals surface area (Å²) in [5.74, 6) is -0.113. The summed E-state index contributed by atoms with van der Waals surface area (Å²) in [6.45, 7) is 6.21. The summed E-state index contributed by atoms with van der Waals surface area (Å²) in [4.78, 5) is 12.3. The molecule has 98 valence electrons. The fourth-order valence-electron chi connectivity index (χ4n) is 1.53. The van der Waals surface area contributed by atoms with E-state index in [4.69, 9.17) is 18.0 Å². The maximum Gasteiger partial charge on any atom is 0.233 e. The van der Waals surface area contributed by atoms with Gasteiger partial charge in [0.2, 0.25) is 5.91 Å². The van der Waals surface area contributed by atoms with Crippen molar-refractivity contribution in [1.82, 2.24) is 5.32 Å². The van der Waals surface area contributed by atoms with Crippen LogP contribution in [-0.4, -0.2) is 10.9 Å². The van der Waals surface area contributed by atoms with Gasteiger partial charge in [0.25, 0.3) is 0 Å². The first kappa shape index (κ1) is 14.6. The van der Waals surface area contributed by atoms with E-state index in [1.807, 2.05) is 38.1 Å². The van der Waals surface area contributed by atoms with Crippen molar-refractivity contribution >= 4 is 23.1 Å². The first-order valence-electron chi connectivity index (χ1n) is 6.04. The zero-order valence-electron chi connectivity index (χ0n) is 11.1. The summed E-state index contributed by atoms with van der Waals surface area (Å²) in [5, 5.41) is 2.88. The Kier molecular flexibility index (Phi) is 4.84. The lowest BCUT2D eigenvalue weighted by molar-refractivity contribution is -0.127. The second-order valence-electron chi connectivity index (χ2n) is 4.72. The number of aryl methyl sites for hydroxylation is 1. The topological polar surface area (TPSA) is 55.1 Å². The van der Waals surface area contributed by atoms with Crippen molar-refractivity contribution < 1.29 is 4.79 Å². The number of hydrogen-bond acceptors (Lipinski definition) is 2. The highest BCUT2D eigenvalue weighted by Crippen LogP contribution is 2.21. The molecule has 0 aliphatic heterocycles. The van der Waals surface area contributed by atoms with Crippen LogP contribution >= 0.6 is 12.2 Å². The largest absolute Gasteiger partial charge is 0.392 e. The molecule has 4 heteroatoms. The average molecular weight is 264 g/mol. The summed E-state index contributed by atoms with van der Waals surface area (Å²) in [7, 11) is 0. The van der Waals surface area contributed by atoms with Gasteiger partial charge < -0.3 is 11.1 Å². The number of carbonyl (C=O) groups is 1. The molecule has 0 bridgehead atoms. The van der Waals surface area contributed by atoms with E-state index in [9.17, 15) is 4.79 Å². The number of nitrogens with one attached hydrogen (secondary N) is 1. The minimum Gasteiger partial charge on any atom is -0.392 e. The number of nitrogens with two attached hydrogens (primary N) is 1. The first-order chi connectivity index (χ1) is 8.40. The quantitative estimate of drug-likeness (QED) is 0.802. The third-order valence-corrected chi connectivity index (χ3v) is 3.78. The molecular weight excluding hydrogens is 244 g/mol. The van der Waals surface area contributed by atoms with Gasteiger partial charge in [-0.25, -0.2) is 0 Å². The van der Waals surface area contributed by atoms with Gasteiger partial charge in [-0.2, -0.15) is 0 Å². The highest BCUT2D eigenvalue weighted by atomic mass is 32.1. The summed E-state index contributed by atoms with van der Waals surface area (Å²) in [6, 6.07) is 8.04. The van der Waals surface area contributed by atoms with Gasteiger partial charge in [-0.15, -0.1) is 0 Å². The lowest BCUT2D eigenvalue weighted by atomic mass is 9.86. The Labute approximate surface area is 114 Å². The Morgan fingerprint density at radius 1 is 1.39 bits per heavy atom. The van der Waals surface area contributed by atoms with Crippen LogP contribution in [0.15, 0.2) is 24.3 Å². The van der Waals surface area contributed by atoms with Gasteiger partial charge in [0.15, 0.2) is 0 Å². The van der Waals surface area contributed by atoms with E-state index >= 15 is 0 Å². The first-order valence-corrected chi connectivity index (χ1v) is 6.44. The number of rotatable bonds is 5. The van der Waals surface area contributed by atoms with Gasteiger partial charge in [-0.1, -0.05) is 49.0 Å². The van der Waals surface area contributed by atoms with Crippen LogP contribution < -0.4 is 11.1 Å². The Morgan fingerprint density at radius 3 is 2.39 bits per heavy atom. The molecule has 0 fully saturated rings. The Balaban J connectivity index is 2.66. The maximum absolute atomic E-state index is 12.1. The normalized spacial score (nSPS) is 13.7. The number of benzene rings is 1. The third-order valence-electron chi connectivity index (χ3n) is 3.33. The summed E-state index contributed by atoms with van der Waals surface area (Å²) < 4.78 is 0. The average Bonchev–Trinajstić information content (AvgIpc) is 2.36. The van der Waals surface area contributed by atoms with Crippen LogP contribution in [-0.2, 0) is 11.3 Å². The van der Waals surface area contributed by atoms with Gasteiger partial charge in [-0.3, -0.25) is 4.79 Å². The Hall–Kier alpha value is -1.42. The van der Waals surface area contributed by atoms with Crippen LogP contribution in [0, 0.1) is 12.3 Å². The number of amides is 1. The fraction of sp³-hybridized carbons (Fsp3) is 0.429. The number of thiocarbonyl (C=S) groups is 1. The highest BCUT2D eigenvalue weighted by molar-refractivity contribution is 7.80. The number of carbonyl (C=O) groups excluding carboxylic acids is 1. The van der Waals surface area contributed by atoms with Crippen molar-refractivity contribution in [3.8, 4) is 0 Å². The van der Waals surface area contributed by atoms with Crippen molar-refractivity contribution in [3.63, 3.8) is 0 Å². The van der Waals surface area contributed by atoms with E-state index in [2.05, 4.69) is 5.32 Å². The van der Waals surface area contributed by atoms with E-state index in [0.29, 0.717) is 13.0 Å². The van der Waals surface area contributed by atoms with E-state index in [-0.39, 0.29) is 10.9 Å². The van der Waals surface area contributed by atoms with Crippen molar-refractivity contribution in [3.05, 3.63) is 35.4 Å². The molecule has 1 rings (SSSR count). The van der Waals surface area contributed by atoms with Crippen molar-refractivity contribution in [2.45, 2.75) is 33.7 Å². The monoisotopic (exact) mass is 264 g/mol. The second kappa shape index (κ2) is 5.96. The van der Waals surface area contributed by atoms with Crippen LogP contribution in [0.2, 0.25) is 0 Å². The molecular formula is C14H20N2OS. The lowest BCUT2D eigenvalue weighted by Gasteiger charge is -2.25. The predicted molar refractivity (Wildman–Crippen MR) is 78.2 cm³/mol. The molecule has 0 radical (unpaired) electrons. The standard InChI is InChI=1S/C14H20N2OS/c1-4-14(3,12(15)18)13(17)16-9-11-7-5-10(2)6-8-11/h5-8H,4,9H2,1-3H3,(H2,15,18)(H,16,17). The van der Waals surface area contributed by atoms with Gasteiger partial charge in [-0.05, 0) is 25.8 Å². The third kappa shape index (κ3) is 3.29. The smallest absolute Gasteiger partial charge is 0.233 e. The molecule has 1 aromatic rings. The maximum atomic E-state index is 12.1. The second-order valence-corrected chi connectivity index (χ2v) is 5.16. The van der Waals surface area contributed by atoms with Gasteiger partial charge in [0.1, 0.15) is 0 Å². The molecule has 3 N–H and O–H groups in total. The van der Waals surface area contributed by atoms with Crippen molar-refractivity contribution in [2.24, 2.45) is 11.1 Å².